The molecule has 3 aliphatic carbocycles. The number of anilines is 1. The summed E-state index contributed by atoms with van der Waals surface area (Å²) >= 11 is 6.02. The molecule has 0 unspecified atom stereocenters. The third kappa shape index (κ3) is 2.43. The second-order valence-electron chi connectivity index (χ2n) is 8.25. The highest BCUT2D eigenvalue weighted by Crippen LogP contribution is 2.58. The van der Waals surface area contributed by atoms with Crippen LogP contribution in [0.1, 0.15) is 30.9 Å². The molecule has 164 valence electrons. The highest BCUT2D eigenvalue weighted by atomic mass is 35.5. The van der Waals surface area contributed by atoms with Gasteiger partial charge in [0.1, 0.15) is 22.8 Å². The van der Waals surface area contributed by atoms with Crippen LogP contribution >= 0.6 is 11.6 Å². The van der Waals surface area contributed by atoms with Crippen LogP contribution in [0, 0.1) is 11.8 Å². The van der Waals surface area contributed by atoms with E-state index < -0.39 is 75.3 Å². The molecule has 0 bridgehead atoms. The maximum atomic E-state index is 13.4. The Morgan fingerprint density at radius 1 is 1.23 bits per heavy atom. The number of Topliss-reactive ketones (excluding diaryl/α,β-unsaturated/α-hetero) is 2. The Bertz CT molecular complexity index is 1170. The average Bonchev–Trinajstić information content (AvgIpc) is 2.65. The van der Waals surface area contributed by atoms with E-state index in [9.17, 15) is 39.9 Å². The molecule has 4 atom stereocenters. The largest absolute Gasteiger partial charge is 0.508 e. The molecule has 9 N–H and O–H groups in total. The van der Waals surface area contributed by atoms with Gasteiger partial charge in [0, 0.05) is 35.5 Å². The van der Waals surface area contributed by atoms with Crippen molar-refractivity contribution in [2.75, 3.05) is 5.73 Å². The summed E-state index contributed by atoms with van der Waals surface area (Å²) in [5.74, 6) is -8.34. The van der Waals surface area contributed by atoms with E-state index in [1.54, 1.807) is 0 Å². The van der Waals surface area contributed by atoms with Crippen molar-refractivity contribution in [3.63, 3.8) is 0 Å². The van der Waals surface area contributed by atoms with Crippen LogP contribution in [0.2, 0.25) is 5.02 Å². The van der Waals surface area contributed by atoms with E-state index in [1.807, 2.05) is 0 Å². The smallest absolute Gasteiger partial charge is 0.255 e. The topological polar surface area (TPSA) is 204 Å². The summed E-state index contributed by atoms with van der Waals surface area (Å²) in [6, 6.07) is 1.02. The lowest BCUT2D eigenvalue weighted by molar-refractivity contribution is -0.152. The molecule has 1 aromatic carbocycles. The Labute approximate surface area is 180 Å². The summed E-state index contributed by atoms with van der Waals surface area (Å²) in [7, 11) is 0. The standard InChI is InChI=1S/C20H19ClN2O8/c1-19(30)6-2-5-3-8(24)12(18(23)29)17(28)20(5,31)16(27)10(6)15(26)11-9(25)4-7(21)14(22)13(11)19/h4-6,25-26,28,30-31H,2-3,22H2,1H3,(H2,23,29)/t5-,6-,19+,20-/m0/s1. The number of aliphatic hydroxyl groups is 4. The van der Waals surface area contributed by atoms with Crippen molar-refractivity contribution >= 4 is 40.5 Å². The number of carbonyl (C=O) groups excluding carboxylic acids is 3. The molecule has 1 fully saturated rings. The lowest BCUT2D eigenvalue weighted by atomic mass is 9.55. The normalized spacial score (nSPS) is 32.5. The summed E-state index contributed by atoms with van der Waals surface area (Å²) in [5.41, 5.74) is 4.48. The number of amides is 1. The maximum Gasteiger partial charge on any atom is 0.255 e. The number of aromatic hydroxyl groups is 1. The Balaban J connectivity index is 2.04. The number of nitrogens with two attached hydrogens (primary N) is 2. The van der Waals surface area contributed by atoms with Crippen molar-refractivity contribution in [3.05, 3.63) is 39.1 Å². The Morgan fingerprint density at radius 3 is 2.42 bits per heavy atom. The molecule has 0 aliphatic heterocycles. The SMILES string of the molecule is C[C@]1(O)c2c(N)c(Cl)cc(O)c2C(O)=C2C(=O)[C@]3(O)C(O)=C(C(N)=O)C(=O)C[C@@H]3C[C@@H]21. The number of hydrogen-bond donors (Lipinski definition) is 7. The lowest BCUT2D eigenvalue weighted by Gasteiger charge is -2.50. The molecule has 1 saturated carbocycles. The molecular formula is C20H19ClN2O8. The second kappa shape index (κ2) is 6.22. The fraction of sp³-hybridized carbons (Fsp3) is 0.350. The molecule has 0 saturated heterocycles. The molecule has 0 radical (unpaired) electrons. The van der Waals surface area contributed by atoms with Crippen LogP contribution in [0.5, 0.6) is 5.75 Å². The maximum absolute atomic E-state index is 13.4. The van der Waals surface area contributed by atoms with E-state index >= 15 is 0 Å². The van der Waals surface area contributed by atoms with Gasteiger partial charge in [-0.25, -0.2) is 0 Å². The number of carbonyl (C=O) groups is 3. The van der Waals surface area contributed by atoms with Gasteiger partial charge in [0.25, 0.3) is 5.91 Å². The number of benzene rings is 1. The number of aliphatic hydroxyl groups excluding tert-OH is 2. The molecule has 0 spiro atoms. The highest BCUT2D eigenvalue weighted by molar-refractivity contribution is 6.33. The van der Waals surface area contributed by atoms with Crippen molar-refractivity contribution in [3.8, 4) is 5.75 Å². The predicted molar refractivity (Wildman–Crippen MR) is 107 cm³/mol. The minimum Gasteiger partial charge on any atom is -0.508 e. The van der Waals surface area contributed by atoms with Crippen LogP contribution < -0.4 is 11.5 Å². The monoisotopic (exact) mass is 450 g/mol. The van der Waals surface area contributed by atoms with Gasteiger partial charge in [-0.3, -0.25) is 14.4 Å². The first-order chi connectivity index (χ1) is 14.3. The first kappa shape index (κ1) is 21.2. The van der Waals surface area contributed by atoms with Crippen LogP contribution in [0.15, 0.2) is 23.0 Å². The number of phenols is 1. The molecule has 1 amide bonds. The minimum atomic E-state index is -2.72. The lowest BCUT2D eigenvalue weighted by Crippen LogP contribution is -2.60. The zero-order valence-electron chi connectivity index (χ0n) is 16.1. The third-order valence-electron chi connectivity index (χ3n) is 6.58. The first-order valence-corrected chi connectivity index (χ1v) is 9.65. The van der Waals surface area contributed by atoms with E-state index in [1.165, 1.54) is 6.92 Å². The summed E-state index contributed by atoms with van der Waals surface area (Å²) in [6.45, 7) is 1.29. The van der Waals surface area contributed by atoms with Gasteiger partial charge in [0.2, 0.25) is 5.78 Å². The summed E-state index contributed by atoms with van der Waals surface area (Å²) < 4.78 is 0. The fourth-order valence-corrected chi connectivity index (χ4v) is 5.26. The number of halogens is 1. The van der Waals surface area contributed by atoms with Crippen molar-refractivity contribution in [2.45, 2.75) is 31.0 Å². The zero-order valence-corrected chi connectivity index (χ0v) is 16.9. The molecule has 11 heteroatoms. The Hall–Kier alpha value is -3.08. The minimum absolute atomic E-state index is 0.0917. The molecular weight excluding hydrogens is 432 g/mol. The molecule has 3 aliphatic rings. The molecule has 10 nitrogen and oxygen atoms in total. The third-order valence-corrected chi connectivity index (χ3v) is 6.89. The Morgan fingerprint density at radius 2 is 1.84 bits per heavy atom. The van der Waals surface area contributed by atoms with Gasteiger partial charge in [0.15, 0.2) is 11.4 Å². The number of rotatable bonds is 1. The van der Waals surface area contributed by atoms with Gasteiger partial charge in [-0.05, 0) is 13.3 Å². The van der Waals surface area contributed by atoms with Gasteiger partial charge in [-0.15, -0.1) is 0 Å². The van der Waals surface area contributed by atoms with Gasteiger partial charge in [-0.1, -0.05) is 11.6 Å². The van der Waals surface area contributed by atoms with Gasteiger partial charge in [0.05, 0.1) is 21.9 Å². The number of primary amides is 1. The molecule has 31 heavy (non-hydrogen) atoms. The predicted octanol–water partition coefficient (Wildman–Crippen LogP) is 0.324. The summed E-state index contributed by atoms with van der Waals surface area (Å²) in [6.07, 6.45) is -0.753. The van der Waals surface area contributed by atoms with Crippen LogP contribution in [-0.2, 0) is 20.0 Å². The zero-order chi connectivity index (χ0) is 23.2. The quantitative estimate of drug-likeness (QED) is 0.178. The number of phenolic OH excluding ortho intramolecular Hbond substituents is 1. The number of nitrogen functional groups attached to an aromatic ring is 1. The Kier molecular flexibility index (Phi) is 4.25. The van der Waals surface area contributed by atoms with Crippen LogP contribution in [0.25, 0.3) is 5.76 Å². The summed E-state index contributed by atoms with van der Waals surface area (Å²) in [5, 5.41) is 54.2. The molecule has 0 aromatic heterocycles. The number of hydrogen-bond acceptors (Lipinski definition) is 9. The fourth-order valence-electron chi connectivity index (χ4n) is 5.07. The van der Waals surface area contributed by atoms with E-state index in [2.05, 4.69) is 0 Å². The summed E-state index contributed by atoms with van der Waals surface area (Å²) in [4.78, 5) is 37.4. The average molecular weight is 451 g/mol. The first-order valence-electron chi connectivity index (χ1n) is 9.27. The molecule has 4 rings (SSSR count). The van der Waals surface area contributed by atoms with E-state index in [-0.39, 0.29) is 28.3 Å². The van der Waals surface area contributed by atoms with Gasteiger partial charge >= 0.3 is 0 Å². The van der Waals surface area contributed by atoms with Gasteiger partial charge < -0.3 is 37.0 Å². The van der Waals surface area contributed by atoms with Crippen molar-refractivity contribution in [2.24, 2.45) is 17.6 Å². The van der Waals surface area contributed by atoms with Crippen LogP contribution in [0.4, 0.5) is 5.69 Å². The van der Waals surface area contributed by atoms with Crippen molar-refractivity contribution in [1.29, 1.82) is 0 Å². The molecule has 0 heterocycles. The van der Waals surface area contributed by atoms with Crippen molar-refractivity contribution < 1.29 is 39.9 Å². The highest BCUT2D eigenvalue weighted by Gasteiger charge is 2.63. The van der Waals surface area contributed by atoms with Crippen molar-refractivity contribution in [1.82, 2.24) is 0 Å². The number of fused-ring (bicyclic) bond motifs is 3. The number of ketones is 2. The molecule has 1 aromatic rings. The van der Waals surface area contributed by atoms with Crippen LogP contribution in [0.3, 0.4) is 0 Å². The van der Waals surface area contributed by atoms with Gasteiger partial charge in [-0.2, -0.15) is 0 Å². The van der Waals surface area contributed by atoms with E-state index in [0.29, 0.717) is 0 Å². The van der Waals surface area contributed by atoms with Crippen LogP contribution in [-0.4, -0.2) is 48.6 Å². The second-order valence-corrected chi connectivity index (χ2v) is 8.65. The van der Waals surface area contributed by atoms with E-state index in [0.717, 1.165) is 6.07 Å². The van der Waals surface area contributed by atoms with E-state index in [4.69, 9.17) is 23.1 Å².